The maximum atomic E-state index is 13.2. The summed E-state index contributed by atoms with van der Waals surface area (Å²) in [5.74, 6) is -1.41. The Hall–Kier alpha value is -1.94. The van der Waals surface area contributed by atoms with Crippen LogP contribution in [0, 0.1) is 18.6 Å². The fourth-order valence-corrected chi connectivity index (χ4v) is 1.91. The minimum Gasteiger partial charge on any atom is -0.496 e. The van der Waals surface area contributed by atoms with Gasteiger partial charge in [-0.05, 0) is 36.2 Å². The second-order valence-corrected chi connectivity index (χ2v) is 4.32. The molecule has 2 nitrogen and oxygen atoms in total. The molecule has 0 aliphatic heterocycles. The highest BCUT2D eigenvalue weighted by Gasteiger charge is 2.17. The molecule has 2 rings (SSSR count). The molecule has 0 bridgehead atoms. The van der Waals surface area contributed by atoms with Crippen molar-refractivity contribution in [2.24, 2.45) is 0 Å². The number of ether oxygens (including phenoxy) is 1. The van der Waals surface area contributed by atoms with E-state index in [1.54, 1.807) is 12.1 Å². The zero-order valence-corrected chi connectivity index (χ0v) is 10.7. The highest BCUT2D eigenvalue weighted by Crippen LogP contribution is 2.31. The van der Waals surface area contributed by atoms with Crippen LogP contribution in [-0.2, 0) is 0 Å². The Labute approximate surface area is 110 Å². The summed E-state index contributed by atoms with van der Waals surface area (Å²) in [4.78, 5) is 0. The number of methoxy groups -OCH3 is 1. The highest BCUT2D eigenvalue weighted by atomic mass is 19.2. The highest BCUT2D eigenvalue weighted by molar-refractivity contribution is 5.42. The van der Waals surface area contributed by atoms with Crippen LogP contribution in [0.3, 0.4) is 0 Å². The molecular weight excluding hydrogens is 250 g/mol. The van der Waals surface area contributed by atoms with E-state index < -0.39 is 17.7 Å². The summed E-state index contributed by atoms with van der Waals surface area (Å²) in [5.41, 5.74) is 1.78. The lowest BCUT2D eigenvalue weighted by molar-refractivity contribution is 0.214. The first kappa shape index (κ1) is 13.5. The molecule has 0 saturated carbocycles. The Balaban J connectivity index is 2.43. The molecule has 19 heavy (non-hydrogen) atoms. The number of hydrogen-bond acceptors (Lipinski definition) is 2. The Bertz CT molecular complexity index is 597. The van der Waals surface area contributed by atoms with Gasteiger partial charge in [0, 0.05) is 5.56 Å². The third-order valence-corrected chi connectivity index (χ3v) is 2.94. The average molecular weight is 264 g/mol. The molecule has 0 saturated heterocycles. The quantitative estimate of drug-likeness (QED) is 0.921. The number of hydrogen-bond donors (Lipinski definition) is 1. The maximum Gasteiger partial charge on any atom is 0.159 e. The van der Waals surface area contributed by atoms with Crippen LogP contribution >= 0.6 is 0 Å². The minimum absolute atomic E-state index is 0.279. The van der Waals surface area contributed by atoms with Crippen molar-refractivity contribution in [3.63, 3.8) is 0 Å². The van der Waals surface area contributed by atoms with Crippen molar-refractivity contribution in [2.45, 2.75) is 13.0 Å². The largest absolute Gasteiger partial charge is 0.496 e. The Kier molecular flexibility index (Phi) is 3.81. The van der Waals surface area contributed by atoms with Gasteiger partial charge < -0.3 is 9.84 Å². The third-order valence-electron chi connectivity index (χ3n) is 2.94. The molecule has 0 radical (unpaired) electrons. The number of halogens is 2. The van der Waals surface area contributed by atoms with Crippen LogP contribution in [0.15, 0.2) is 36.4 Å². The number of aliphatic hydroxyl groups is 1. The maximum absolute atomic E-state index is 13.2. The van der Waals surface area contributed by atoms with Crippen molar-refractivity contribution in [1.29, 1.82) is 0 Å². The lowest BCUT2D eigenvalue weighted by atomic mass is 9.99. The number of aryl methyl sites for hydroxylation is 1. The van der Waals surface area contributed by atoms with Crippen molar-refractivity contribution < 1.29 is 18.6 Å². The van der Waals surface area contributed by atoms with Gasteiger partial charge in [-0.1, -0.05) is 18.2 Å². The van der Waals surface area contributed by atoms with E-state index in [0.717, 1.165) is 17.7 Å². The standard InChI is InChI=1S/C15H14F2O2/c1-9-3-5-11(14(7-9)19-2)15(18)10-4-6-12(16)13(17)8-10/h3-8,15,18H,1-2H3. The zero-order chi connectivity index (χ0) is 14.0. The molecule has 0 aromatic heterocycles. The zero-order valence-electron chi connectivity index (χ0n) is 10.7. The summed E-state index contributed by atoms with van der Waals surface area (Å²) < 4.78 is 31.3. The van der Waals surface area contributed by atoms with Gasteiger partial charge in [-0.25, -0.2) is 8.78 Å². The van der Waals surface area contributed by atoms with E-state index in [4.69, 9.17) is 4.74 Å². The Morgan fingerprint density at radius 2 is 1.79 bits per heavy atom. The normalized spacial score (nSPS) is 12.3. The third kappa shape index (κ3) is 2.74. The number of rotatable bonds is 3. The van der Waals surface area contributed by atoms with E-state index in [2.05, 4.69) is 0 Å². The van der Waals surface area contributed by atoms with Crippen LogP contribution < -0.4 is 4.74 Å². The van der Waals surface area contributed by atoms with Gasteiger partial charge in [0.05, 0.1) is 7.11 Å². The van der Waals surface area contributed by atoms with Gasteiger partial charge in [-0.2, -0.15) is 0 Å². The van der Waals surface area contributed by atoms with Crippen LogP contribution in [0.25, 0.3) is 0 Å². The fourth-order valence-electron chi connectivity index (χ4n) is 1.91. The van der Waals surface area contributed by atoms with E-state index in [1.165, 1.54) is 13.2 Å². The smallest absolute Gasteiger partial charge is 0.159 e. The van der Waals surface area contributed by atoms with Crippen LogP contribution in [0.2, 0.25) is 0 Å². The predicted octanol–water partition coefficient (Wildman–Crippen LogP) is 3.36. The number of aliphatic hydroxyl groups excluding tert-OH is 1. The van der Waals surface area contributed by atoms with Crippen molar-refractivity contribution in [1.82, 2.24) is 0 Å². The van der Waals surface area contributed by atoms with Crippen molar-refractivity contribution in [2.75, 3.05) is 7.11 Å². The lowest BCUT2D eigenvalue weighted by Crippen LogP contribution is -2.03. The molecule has 0 spiro atoms. The molecule has 0 aliphatic carbocycles. The first-order valence-electron chi connectivity index (χ1n) is 5.80. The molecule has 1 atom stereocenters. The van der Waals surface area contributed by atoms with Gasteiger partial charge in [-0.3, -0.25) is 0 Å². The first-order valence-corrected chi connectivity index (χ1v) is 5.80. The van der Waals surface area contributed by atoms with E-state index in [0.29, 0.717) is 11.3 Å². The second-order valence-electron chi connectivity index (χ2n) is 4.32. The van der Waals surface area contributed by atoms with E-state index in [1.807, 2.05) is 13.0 Å². The summed E-state index contributed by atoms with van der Waals surface area (Å²) >= 11 is 0. The fraction of sp³-hybridized carbons (Fsp3) is 0.200. The van der Waals surface area contributed by atoms with Crippen LogP contribution in [0.5, 0.6) is 5.75 Å². The minimum atomic E-state index is -1.06. The molecule has 2 aromatic rings. The van der Waals surface area contributed by atoms with Gasteiger partial charge in [0.2, 0.25) is 0 Å². The second kappa shape index (κ2) is 5.36. The van der Waals surface area contributed by atoms with E-state index in [-0.39, 0.29) is 5.56 Å². The predicted molar refractivity (Wildman–Crippen MR) is 68.2 cm³/mol. The molecule has 2 aromatic carbocycles. The molecule has 0 fully saturated rings. The topological polar surface area (TPSA) is 29.5 Å². The summed E-state index contributed by atoms with van der Waals surface area (Å²) in [6, 6.07) is 8.63. The van der Waals surface area contributed by atoms with Gasteiger partial charge in [-0.15, -0.1) is 0 Å². The van der Waals surface area contributed by atoms with Crippen LogP contribution in [0.4, 0.5) is 8.78 Å². The van der Waals surface area contributed by atoms with Crippen molar-refractivity contribution in [3.05, 3.63) is 64.7 Å². The molecule has 100 valence electrons. The van der Waals surface area contributed by atoms with Crippen molar-refractivity contribution in [3.8, 4) is 5.75 Å². The summed E-state index contributed by atoms with van der Waals surface area (Å²) in [6.45, 7) is 1.90. The average Bonchev–Trinajstić information content (AvgIpc) is 2.41. The van der Waals surface area contributed by atoms with Gasteiger partial charge in [0.1, 0.15) is 11.9 Å². The van der Waals surface area contributed by atoms with Crippen molar-refractivity contribution >= 4 is 0 Å². The van der Waals surface area contributed by atoms with E-state index in [9.17, 15) is 13.9 Å². The summed E-state index contributed by atoms with van der Waals surface area (Å²) in [7, 11) is 1.50. The monoisotopic (exact) mass is 264 g/mol. The molecule has 0 aliphatic rings. The molecule has 1 N–H and O–H groups in total. The molecule has 4 heteroatoms. The molecule has 0 amide bonds. The van der Waals surface area contributed by atoms with Gasteiger partial charge >= 0.3 is 0 Å². The molecule has 0 heterocycles. The summed E-state index contributed by atoms with van der Waals surface area (Å²) in [5, 5.41) is 10.2. The molecular formula is C15H14F2O2. The van der Waals surface area contributed by atoms with Crippen LogP contribution in [0.1, 0.15) is 22.8 Å². The Morgan fingerprint density at radius 3 is 2.42 bits per heavy atom. The van der Waals surface area contributed by atoms with Gasteiger partial charge in [0.15, 0.2) is 11.6 Å². The molecule has 1 unspecified atom stereocenters. The lowest BCUT2D eigenvalue weighted by Gasteiger charge is -2.16. The first-order chi connectivity index (χ1) is 9.02. The SMILES string of the molecule is COc1cc(C)ccc1C(O)c1ccc(F)c(F)c1. The van der Waals surface area contributed by atoms with Gasteiger partial charge in [0.25, 0.3) is 0 Å². The Morgan fingerprint density at radius 1 is 1.05 bits per heavy atom. The number of benzene rings is 2. The van der Waals surface area contributed by atoms with E-state index >= 15 is 0 Å². The van der Waals surface area contributed by atoms with Crippen LogP contribution in [-0.4, -0.2) is 12.2 Å². The summed E-state index contributed by atoms with van der Waals surface area (Å²) in [6.07, 6.45) is -1.06.